The first-order valence-electron chi connectivity index (χ1n) is 6.73. The first-order valence-corrected chi connectivity index (χ1v) is 6.73. The molecule has 94 valence electrons. The monoisotopic (exact) mass is 227 g/mol. The molecule has 1 saturated carbocycles. The summed E-state index contributed by atoms with van der Waals surface area (Å²) in [6, 6.07) is 0. The molecular formula is C13H25NO2. The summed E-state index contributed by atoms with van der Waals surface area (Å²) in [5, 5.41) is 9.61. The molecule has 16 heavy (non-hydrogen) atoms. The highest BCUT2D eigenvalue weighted by Gasteiger charge is 2.36. The second kappa shape index (κ2) is 5.48. The van der Waals surface area contributed by atoms with Gasteiger partial charge in [-0.2, -0.15) is 0 Å². The Balaban J connectivity index is 1.87. The summed E-state index contributed by atoms with van der Waals surface area (Å²) in [6.45, 7) is 6.58. The van der Waals surface area contributed by atoms with Crippen LogP contribution in [-0.4, -0.2) is 49.0 Å². The molecule has 2 aliphatic rings. The van der Waals surface area contributed by atoms with E-state index in [-0.39, 0.29) is 5.41 Å². The van der Waals surface area contributed by atoms with Crippen LogP contribution in [0.15, 0.2) is 0 Å². The van der Waals surface area contributed by atoms with Crippen LogP contribution in [0.4, 0.5) is 0 Å². The van der Waals surface area contributed by atoms with E-state index in [1.165, 1.54) is 25.7 Å². The predicted molar refractivity (Wildman–Crippen MR) is 64.5 cm³/mol. The van der Waals surface area contributed by atoms with Crippen molar-refractivity contribution in [3.63, 3.8) is 0 Å². The van der Waals surface area contributed by atoms with E-state index in [0.29, 0.717) is 12.7 Å². The third-order valence-electron chi connectivity index (χ3n) is 4.24. The number of morpholine rings is 1. The van der Waals surface area contributed by atoms with Crippen LogP contribution in [0.5, 0.6) is 0 Å². The Hall–Kier alpha value is -0.120. The van der Waals surface area contributed by atoms with Crippen LogP contribution >= 0.6 is 0 Å². The fourth-order valence-electron chi connectivity index (χ4n) is 3.14. The lowest BCUT2D eigenvalue weighted by molar-refractivity contribution is -0.0478. The third kappa shape index (κ3) is 2.76. The quantitative estimate of drug-likeness (QED) is 0.792. The molecule has 3 nitrogen and oxygen atoms in total. The van der Waals surface area contributed by atoms with E-state index in [4.69, 9.17) is 4.74 Å². The van der Waals surface area contributed by atoms with Crippen molar-refractivity contribution in [1.29, 1.82) is 0 Å². The fraction of sp³-hybridized carbons (Fsp3) is 1.00. The smallest absolute Gasteiger partial charge is 0.0700 e. The average Bonchev–Trinajstić information content (AvgIpc) is 2.78. The van der Waals surface area contributed by atoms with E-state index >= 15 is 0 Å². The summed E-state index contributed by atoms with van der Waals surface area (Å²) >= 11 is 0. The number of nitrogens with zero attached hydrogens (tertiary/aromatic N) is 1. The molecule has 0 spiro atoms. The zero-order valence-electron chi connectivity index (χ0n) is 10.5. The number of hydrogen-bond acceptors (Lipinski definition) is 3. The maximum Gasteiger partial charge on any atom is 0.0700 e. The molecule has 2 fully saturated rings. The molecule has 1 N–H and O–H groups in total. The Morgan fingerprint density at radius 3 is 2.75 bits per heavy atom. The van der Waals surface area contributed by atoms with Gasteiger partial charge in [0.2, 0.25) is 0 Å². The second-order valence-electron chi connectivity index (χ2n) is 5.50. The van der Waals surface area contributed by atoms with Gasteiger partial charge in [0.15, 0.2) is 0 Å². The molecule has 1 atom stereocenters. The summed E-state index contributed by atoms with van der Waals surface area (Å²) in [5.41, 5.74) is 0.204. The van der Waals surface area contributed by atoms with Gasteiger partial charge in [-0.1, -0.05) is 19.8 Å². The van der Waals surface area contributed by atoms with Gasteiger partial charge in [0.25, 0.3) is 0 Å². The summed E-state index contributed by atoms with van der Waals surface area (Å²) in [4.78, 5) is 2.50. The van der Waals surface area contributed by atoms with E-state index in [9.17, 15) is 5.11 Å². The summed E-state index contributed by atoms with van der Waals surface area (Å²) in [6.07, 6.45) is 6.51. The van der Waals surface area contributed by atoms with Crippen LogP contribution in [0, 0.1) is 5.41 Å². The average molecular weight is 227 g/mol. The zero-order valence-corrected chi connectivity index (χ0v) is 10.5. The van der Waals surface area contributed by atoms with E-state index < -0.39 is 0 Å². The van der Waals surface area contributed by atoms with Crippen LogP contribution in [0.2, 0.25) is 0 Å². The van der Waals surface area contributed by atoms with Crippen molar-refractivity contribution in [3.05, 3.63) is 0 Å². The third-order valence-corrected chi connectivity index (χ3v) is 4.24. The first kappa shape index (κ1) is 12.3. The van der Waals surface area contributed by atoms with Crippen LogP contribution in [0.1, 0.15) is 39.0 Å². The number of hydrogen-bond donors (Lipinski definition) is 1. The van der Waals surface area contributed by atoms with Crippen molar-refractivity contribution in [1.82, 2.24) is 4.90 Å². The molecule has 1 saturated heterocycles. The van der Waals surface area contributed by atoms with Crippen molar-refractivity contribution in [3.8, 4) is 0 Å². The van der Waals surface area contributed by atoms with Crippen molar-refractivity contribution >= 4 is 0 Å². The van der Waals surface area contributed by atoms with Gasteiger partial charge < -0.3 is 9.84 Å². The van der Waals surface area contributed by atoms with Crippen LogP contribution < -0.4 is 0 Å². The Bertz CT molecular complexity index is 214. The molecule has 1 heterocycles. The van der Waals surface area contributed by atoms with Crippen LogP contribution in [-0.2, 0) is 4.74 Å². The molecule has 2 rings (SSSR count). The molecule has 1 unspecified atom stereocenters. The topological polar surface area (TPSA) is 32.7 Å². The van der Waals surface area contributed by atoms with Crippen molar-refractivity contribution in [2.45, 2.75) is 45.1 Å². The van der Waals surface area contributed by atoms with Crippen molar-refractivity contribution in [2.75, 3.05) is 32.8 Å². The Labute approximate surface area is 98.8 Å². The zero-order chi connectivity index (χ0) is 11.4. The van der Waals surface area contributed by atoms with Crippen LogP contribution in [0.25, 0.3) is 0 Å². The minimum absolute atomic E-state index is 0.204. The molecule has 3 heteroatoms. The lowest BCUT2D eigenvalue weighted by Crippen LogP contribution is -2.47. The molecule has 0 amide bonds. The fourth-order valence-corrected chi connectivity index (χ4v) is 3.14. The molecule has 0 bridgehead atoms. The largest absolute Gasteiger partial charge is 0.396 e. The Morgan fingerprint density at radius 2 is 2.12 bits per heavy atom. The van der Waals surface area contributed by atoms with Gasteiger partial charge >= 0.3 is 0 Å². The summed E-state index contributed by atoms with van der Waals surface area (Å²) in [5.74, 6) is 0. The van der Waals surface area contributed by atoms with E-state index in [0.717, 1.165) is 32.7 Å². The number of rotatable bonds is 4. The maximum absolute atomic E-state index is 9.61. The predicted octanol–water partition coefficient (Wildman–Crippen LogP) is 1.65. The Kier molecular flexibility index (Phi) is 4.22. The van der Waals surface area contributed by atoms with E-state index in [2.05, 4.69) is 11.8 Å². The molecule has 0 aromatic heterocycles. The number of aliphatic hydroxyl groups is 1. The minimum Gasteiger partial charge on any atom is -0.396 e. The van der Waals surface area contributed by atoms with E-state index in [1.54, 1.807) is 0 Å². The highest BCUT2D eigenvalue weighted by atomic mass is 16.5. The van der Waals surface area contributed by atoms with Gasteiger partial charge in [0.1, 0.15) is 0 Å². The molecule has 1 aliphatic carbocycles. The van der Waals surface area contributed by atoms with Crippen molar-refractivity contribution in [2.24, 2.45) is 5.41 Å². The minimum atomic E-state index is 0.204. The first-order chi connectivity index (χ1) is 7.78. The highest BCUT2D eigenvalue weighted by Crippen LogP contribution is 2.38. The van der Waals surface area contributed by atoms with Crippen molar-refractivity contribution < 1.29 is 9.84 Å². The summed E-state index contributed by atoms with van der Waals surface area (Å²) < 4.78 is 5.68. The normalized spacial score (nSPS) is 30.8. The van der Waals surface area contributed by atoms with Gasteiger partial charge in [-0.25, -0.2) is 0 Å². The molecule has 0 radical (unpaired) electrons. The molecule has 0 aromatic carbocycles. The summed E-state index contributed by atoms with van der Waals surface area (Å²) in [7, 11) is 0. The van der Waals surface area contributed by atoms with Gasteiger partial charge in [-0.15, -0.1) is 0 Å². The van der Waals surface area contributed by atoms with Gasteiger partial charge in [0, 0.05) is 31.7 Å². The lowest BCUT2D eigenvalue weighted by atomic mass is 9.86. The number of ether oxygens (including phenoxy) is 1. The highest BCUT2D eigenvalue weighted by molar-refractivity contribution is 4.88. The Morgan fingerprint density at radius 1 is 1.38 bits per heavy atom. The lowest BCUT2D eigenvalue weighted by Gasteiger charge is -2.38. The van der Waals surface area contributed by atoms with Gasteiger partial charge in [0.05, 0.1) is 12.7 Å². The maximum atomic E-state index is 9.61. The van der Waals surface area contributed by atoms with E-state index in [1.807, 2.05) is 0 Å². The standard InChI is InChI=1S/C13H25NO2/c1-2-12-9-14(7-8-16-12)10-13(11-15)5-3-4-6-13/h12,15H,2-11H2,1H3. The second-order valence-corrected chi connectivity index (χ2v) is 5.50. The van der Waals surface area contributed by atoms with Gasteiger partial charge in [-0.3, -0.25) is 4.90 Å². The number of aliphatic hydroxyl groups excluding tert-OH is 1. The van der Waals surface area contributed by atoms with Gasteiger partial charge in [-0.05, 0) is 19.3 Å². The van der Waals surface area contributed by atoms with Crippen LogP contribution in [0.3, 0.4) is 0 Å². The SMILES string of the molecule is CCC1CN(CC2(CO)CCCC2)CCO1. The molecule has 0 aromatic rings. The molecular weight excluding hydrogens is 202 g/mol. The molecule has 1 aliphatic heterocycles.